The fourth-order valence-corrected chi connectivity index (χ4v) is 2.14. The van der Waals surface area contributed by atoms with E-state index >= 15 is 0 Å². The Labute approximate surface area is 93.6 Å². The normalized spacial score (nSPS) is 23.0. The summed E-state index contributed by atoms with van der Waals surface area (Å²) < 4.78 is 32.6. The molecule has 2 atom stereocenters. The largest absolute Gasteiger partial charge is 0.485 e. The van der Waals surface area contributed by atoms with Crippen LogP contribution in [0.15, 0.2) is 12.1 Å². The Morgan fingerprint density at radius 1 is 1.25 bits per heavy atom. The number of likely N-dealkylation sites (N-methyl/N-ethyl adjacent to an activating group) is 1. The smallest absolute Gasteiger partial charge is 0.165 e. The molecule has 2 unspecified atom stereocenters. The second-order valence-corrected chi connectivity index (χ2v) is 3.87. The molecule has 1 aliphatic rings. The van der Waals surface area contributed by atoms with Gasteiger partial charge in [-0.3, -0.25) is 0 Å². The quantitative estimate of drug-likeness (QED) is 0.857. The molecule has 0 amide bonds. The van der Waals surface area contributed by atoms with Crippen molar-refractivity contribution >= 4 is 0 Å². The van der Waals surface area contributed by atoms with Crippen LogP contribution in [0.4, 0.5) is 8.78 Å². The lowest BCUT2D eigenvalue weighted by atomic mass is 10.0. The summed E-state index contributed by atoms with van der Waals surface area (Å²) in [5, 5.41) is 3.14. The van der Waals surface area contributed by atoms with Gasteiger partial charge in [0, 0.05) is 0 Å². The second-order valence-electron chi connectivity index (χ2n) is 3.87. The number of nitrogens with one attached hydrogen (secondary N) is 1. The van der Waals surface area contributed by atoms with Crippen LogP contribution in [0.2, 0.25) is 0 Å². The van der Waals surface area contributed by atoms with Crippen molar-refractivity contribution < 1.29 is 13.5 Å². The van der Waals surface area contributed by atoms with Crippen molar-refractivity contribution in [2.45, 2.75) is 32.4 Å². The topological polar surface area (TPSA) is 21.3 Å². The molecule has 1 aromatic rings. The zero-order valence-corrected chi connectivity index (χ0v) is 9.39. The SMILES string of the molecule is CCNC1c2c(F)ccc(F)c2OC1CC. The van der Waals surface area contributed by atoms with Gasteiger partial charge < -0.3 is 10.1 Å². The summed E-state index contributed by atoms with van der Waals surface area (Å²) in [5.74, 6) is -0.827. The third-order valence-corrected chi connectivity index (χ3v) is 2.87. The van der Waals surface area contributed by atoms with Gasteiger partial charge in [-0.25, -0.2) is 8.78 Å². The van der Waals surface area contributed by atoms with E-state index in [1.165, 1.54) is 0 Å². The standard InChI is InChI=1S/C12H15F2NO/c1-3-9-11(15-4-2)10-7(13)5-6-8(14)12(10)16-9/h5-6,9,11,15H,3-4H2,1-2H3. The molecule has 0 fully saturated rings. The minimum absolute atomic E-state index is 0.0674. The molecule has 0 bridgehead atoms. The molecule has 2 rings (SSSR count). The van der Waals surface area contributed by atoms with E-state index in [-0.39, 0.29) is 17.9 Å². The lowest BCUT2D eigenvalue weighted by Gasteiger charge is -2.18. The van der Waals surface area contributed by atoms with E-state index < -0.39 is 11.6 Å². The van der Waals surface area contributed by atoms with Crippen LogP contribution >= 0.6 is 0 Å². The Kier molecular flexibility index (Phi) is 3.10. The maximum atomic E-state index is 13.7. The highest BCUT2D eigenvalue weighted by Crippen LogP contribution is 2.41. The van der Waals surface area contributed by atoms with Crippen LogP contribution < -0.4 is 10.1 Å². The molecule has 16 heavy (non-hydrogen) atoms. The van der Waals surface area contributed by atoms with Crippen molar-refractivity contribution in [2.75, 3.05) is 6.54 Å². The average molecular weight is 227 g/mol. The zero-order chi connectivity index (χ0) is 11.7. The predicted octanol–water partition coefficient (Wildman–Crippen LogP) is 2.79. The Hall–Kier alpha value is -1.16. The summed E-state index contributed by atoms with van der Waals surface area (Å²) in [6.45, 7) is 4.57. The maximum absolute atomic E-state index is 13.7. The van der Waals surface area contributed by atoms with Gasteiger partial charge in [0.25, 0.3) is 0 Å². The van der Waals surface area contributed by atoms with Crippen LogP contribution in [-0.4, -0.2) is 12.6 Å². The first-order valence-electron chi connectivity index (χ1n) is 5.57. The minimum atomic E-state index is -0.491. The lowest BCUT2D eigenvalue weighted by Crippen LogP contribution is -2.30. The van der Waals surface area contributed by atoms with Crippen LogP contribution in [0, 0.1) is 11.6 Å². The van der Waals surface area contributed by atoms with Crippen LogP contribution in [0.5, 0.6) is 5.75 Å². The number of rotatable bonds is 3. The molecule has 1 N–H and O–H groups in total. The Bertz CT molecular complexity index is 395. The van der Waals surface area contributed by atoms with Crippen molar-refractivity contribution in [2.24, 2.45) is 0 Å². The number of benzene rings is 1. The van der Waals surface area contributed by atoms with Gasteiger partial charge in [0.05, 0.1) is 11.6 Å². The molecule has 0 saturated heterocycles. The molecule has 1 aromatic carbocycles. The fraction of sp³-hybridized carbons (Fsp3) is 0.500. The van der Waals surface area contributed by atoms with Gasteiger partial charge in [0.2, 0.25) is 0 Å². The van der Waals surface area contributed by atoms with Crippen LogP contribution in [0.25, 0.3) is 0 Å². The van der Waals surface area contributed by atoms with Crippen LogP contribution in [-0.2, 0) is 0 Å². The van der Waals surface area contributed by atoms with E-state index in [1.807, 2.05) is 13.8 Å². The molecular weight excluding hydrogens is 212 g/mol. The molecule has 2 nitrogen and oxygen atoms in total. The minimum Gasteiger partial charge on any atom is -0.485 e. The van der Waals surface area contributed by atoms with Gasteiger partial charge in [-0.05, 0) is 25.1 Å². The van der Waals surface area contributed by atoms with Gasteiger partial charge in [0.15, 0.2) is 11.6 Å². The summed E-state index contributed by atoms with van der Waals surface area (Å²) in [6.07, 6.45) is 0.520. The van der Waals surface area contributed by atoms with Gasteiger partial charge >= 0.3 is 0 Å². The van der Waals surface area contributed by atoms with Crippen LogP contribution in [0.3, 0.4) is 0 Å². The Morgan fingerprint density at radius 3 is 2.56 bits per heavy atom. The highest BCUT2D eigenvalue weighted by molar-refractivity contribution is 5.43. The van der Waals surface area contributed by atoms with E-state index in [4.69, 9.17) is 4.74 Å². The average Bonchev–Trinajstić information content (AvgIpc) is 2.64. The first kappa shape index (κ1) is 11.3. The van der Waals surface area contributed by atoms with Gasteiger partial charge in [-0.15, -0.1) is 0 Å². The fourth-order valence-electron chi connectivity index (χ4n) is 2.14. The molecule has 1 aliphatic heterocycles. The molecule has 0 spiro atoms. The molecule has 0 radical (unpaired) electrons. The van der Waals surface area contributed by atoms with Crippen molar-refractivity contribution in [3.8, 4) is 5.75 Å². The molecule has 0 aromatic heterocycles. The third kappa shape index (κ3) is 1.67. The number of hydrogen-bond acceptors (Lipinski definition) is 2. The first-order valence-corrected chi connectivity index (χ1v) is 5.57. The molecule has 0 aliphatic carbocycles. The highest BCUT2D eigenvalue weighted by atomic mass is 19.1. The molecule has 88 valence electrons. The summed E-state index contributed by atoms with van der Waals surface area (Å²) in [7, 11) is 0. The molecule has 0 saturated carbocycles. The lowest BCUT2D eigenvalue weighted by molar-refractivity contribution is 0.180. The number of hydrogen-bond donors (Lipinski definition) is 1. The van der Waals surface area contributed by atoms with Gasteiger partial charge in [0.1, 0.15) is 11.9 Å². The third-order valence-electron chi connectivity index (χ3n) is 2.87. The summed E-state index contributed by atoms with van der Waals surface area (Å²) in [4.78, 5) is 0. The van der Waals surface area contributed by atoms with Gasteiger partial charge in [-0.2, -0.15) is 0 Å². The van der Waals surface area contributed by atoms with Crippen molar-refractivity contribution in [3.05, 3.63) is 29.3 Å². The Morgan fingerprint density at radius 2 is 1.94 bits per heavy atom. The zero-order valence-electron chi connectivity index (χ0n) is 9.39. The summed E-state index contributed by atoms with van der Waals surface area (Å²) in [6, 6.07) is 2.01. The van der Waals surface area contributed by atoms with Gasteiger partial charge in [-0.1, -0.05) is 13.8 Å². The number of fused-ring (bicyclic) bond motifs is 1. The van der Waals surface area contributed by atoms with E-state index in [9.17, 15) is 8.78 Å². The summed E-state index contributed by atoms with van der Waals surface area (Å²) in [5.41, 5.74) is 0.328. The number of ether oxygens (including phenoxy) is 1. The second kappa shape index (κ2) is 4.37. The Balaban J connectivity index is 2.45. The maximum Gasteiger partial charge on any atom is 0.165 e. The monoisotopic (exact) mass is 227 g/mol. The van der Waals surface area contributed by atoms with E-state index in [0.29, 0.717) is 18.5 Å². The van der Waals surface area contributed by atoms with Crippen molar-refractivity contribution in [1.82, 2.24) is 5.32 Å². The van der Waals surface area contributed by atoms with E-state index in [0.717, 1.165) is 12.1 Å². The van der Waals surface area contributed by atoms with E-state index in [1.54, 1.807) is 0 Å². The van der Waals surface area contributed by atoms with E-state index in [2.05, 4.69) is 5.32 Å². The molecular formula is C12H15F2NO. The van der Waals surface area contributed by atoms with Crippen molar-refractivity contribution in [3.63, 3.8) is 0 Å². The van der Waals surface area contributed by atoms with Crippen molar-refractivity contribution in [1.29, 1.82) is 0 Å². The number of halogens is 2. The predicted molar refractivity (Wildman–Crippen MR) is 57.5 cm³/mol. The first-order chi connectivity index (χ1) is 7.69. The molecule has 4 heteroatoms. The highest BCUT2D eigenvalue weighted by Gasteiger charge is 2.37. The molecule has 1 heterocycles. The summed E-state index contributed by atoms with van der Waals surface area (Å²) >= 11 is 0. The van der Waals surface area contributed by atoms with Crippen LogP contribution in [0.1, 0.15) is 31.9 Å².